The van der Waals surface area contributed by atoms with Gasteiger partial charge in [-0.3, -0.25) is 4.79 Å². The van der Waals surface area contributed by atoms with Gasteiger partial charge in [-0.1, -0.05) is 6.92 Å². The summed E-state index contributed by atoms with van der Waals surface area (Å²) in [5.41, 5.74) is 4.37. The fourth-order valence-electron chi connectivity index (χ4n) is 1.63. The van der Waals surface area contributed by atoms with Crippen LogP contribution in [-0.4, -0.2) is 35.6 Å². The Hall–Kier alpha value is -1.69. The van der Waals surface area contributed by atoms with Crippen molar-refractivity contribution in [2.24, 2.45) is 0 Å². The number of aliphatic hydroxyl groups excluding tert-OH is 1. The van der Waals surface area contributed by atoms with Gasteiger partial charge in [-0.25, -0.2) is 8.78 Å². The number of nitrogens with two attached hydrogens (primary N) is 1. The molecule has 1 rings (SSSR count). The van der Waals surface area contributed by atoms with Crippen molar-refractivity contribution in [2.75, 3.05) is 25.4 Å². The van der Waals surface area contributed by atoms with E-state index in [-0.39, 0.29) is 18.8 Å². The fraction of sp³-hybridized carbons (Fsp3) is 0.417. The van der Waals surface area contributed by atoms with Gasteiger partial charge >= 0.3 is 0 Å². The first-order valence-electron chi connectivity index (χ1n) is 5.66. The molecule has 0 radical (unpaired) electrons. The molecular weight excluding hydrogens is 242 g/mol. The number of anilines is 1. The van der Waals surface area contributed by atoms with Crippen molar-refractivity contribution in [1.29, 1.82) is 0 Å². The molecule has 0 aromatic heterocycles. The number of hydrogen-bond donors (Lipinski definition) is 2. The van der Waals surface area contributed by atoms with E-state index in [2.05, 4.69) is 0 Å². The molecule has 1 amide bonds. The first-order valence-corrected chi connectivity index (χ1v) is 5.66. The molecule has 3 N–H and O–H groups in total. The zero-order chi connectivity index (χ0) is 13.7. The van der Waals surface area contributed by atoms with Crippen molar-refractivity contribution in [3.63, 3.8) is 0 Å². The molecule has 0 saturated heterocycles. The zero-order valence-corrected chi connectivity index (χ0v) is 10.1. The maximum absolute atomic E-state index is 13.7. The molecule has 0 heterocycles. The van der Waals surface area contributed by atoms with Crippen LogP contribution in [0.3, 0.4) is 0 Å². The van der Waals surface area contributed by atoms with Crippen LogP contribution in [0.25, 0.3) is 0 Å². The van der Waals surface area contributed by atoms with E-state index in [0.717, 1.165) is 12.1 Å². The van der Waals surface area contributed by atoms with E-state index in [1.165, 1.54) is 4.90 Å². The Balaban J connectivity index is 3.11. The second-order valence-electron chi connectivity index (χ2n) is 3.84. The molecule has 0 bridgehead atoms. The highest BCUT2D eigenvalue weighted by molar-refractivity contribution is 5.95. The molecule has 0 aliphatic heterocycles. The maximum atomic E-state index is 13.7. The van der Waals surface area contributed by atoms with Crippen molar-refractivity contribution in [1.82, 2.24) is 4.90 Å². The summed E-state index contributed by atoms with van der Waals surface area (Å²) in [5, 5.41) is 8.85. The fourth-order valence-corrected chi connectivity index (χ4v) is 1.63. The molecule has 6 heteroatoms. The van der Waals surface area contributed by atoms with Crippen molar-refractivity contribution in [3.8, 4) is 0 Å². The van der Waals surface area contributed by atoms with Gasteiger partial charge in [0.1, 0.15) is 11.4 Å². The number of aliphatic hydroxyl groups is 1. The quantitative estimate of drug-likeness (QED) is 0.784. The first-order chi connectivity index (χ1) is 8.52. The Morgan fingerprint density at radius 1 is 1.39 bits per heavy atom. The molecule has 1 aromatic rings. The van der Waals surface area contributed by atoms with Crippen LogP contribution in [-0.2, 0) is 0 Å². The van der Waals surface area contributed by atoms with Crippen LogP contribution in [0.1, 0.15) is 23.7 Å². The second-order valence-corrected chi connectivity index (χ2v) is 3.84. The van der Waals surface area contributed by atoms with E-state index in [1.54, 1.807) is 0 Å². The third-order valence-electron chi connectivity index (χ3n) is 2.49. The van der Waals surface area contributed by atoms with Crippen molar-refractivity contribution >= 4 is 11.6 Å². The molecule has 0 atom stereocenters. The molecule has 0 saturated carbocycles. The number of halogens is 2. The van der Waals surface area contributed by atoms with E-state index in [9.17, 15) is 13.6 Å². The summed E-state index contributed by atoms with van der Waals surface area (Å²) in [6.07, 6.45) is 0.622. The highest BCUT2D eigenvalue weighted by Crippen LogP contribution is 2.20. The lowest BCUT2D eigenvalue weighted by Gasteiger charge is -2.21. The topological polar surface area (TPSA) is 66.6 Å². The average Bonchev–Trinajstić information content (AvgIpc) is 2.34. The first kappa shape index (κ1) is 14.4. The Morgan fingerprint density at radius 2 is 2.06 bits per heavy atom. The lowest BCUT2D eigenvalue weighted by Crippen LogP contribution is -2.35. The van der Waals surface area contributed by atoms with Gasteiger partial charge < -0.3 is 15.7 Å². The lowest BCUT2D eigenvalue weighted by molar-refractivity contribution is 0.0712. The Kier molecular flexibility index (Phi) is 5.03. The molecule has 100 valence electrons. The zero-order valence-electron chi connectivity index (χ0n) is 10.1. The standard InChI is InChI=1S/C12H16F2N2O2/c1-2-5-16(6-7-17)12(18)10-8(13)3-4-9(15)11(10)14/h3-4,17H,2,5-7,15H2,1H3. The van der Waals surface area contributed by atoms with E-state index in [4.69, 9.17) is 10.8 Å². The number of nitrogen functional groups attached to an aromatic ring is 1. The van der Waals surface area contributed by atoms with Gasteiger partial charge in [-0.2, -0.15) is 0 Å². The third kappa shape index (κ3) is 2.95. The van der Waals surface area contributed by atoms with Gasteiger partial charge in [0.25, 0.3) is 5.91 Å². The van der Waals surface area contributed by atoms with E-state index >= 15 is 0 Å². The molecule has 4 nitrogen and oxygen atoms in total. The van der Waals surface area contributed by atoms with Gasteiger partial charge in [0.2, 0.25) is 0 Å². The number of rotatable bonds is 5. The smallest absolute Gasteiger partial charge is 0.259 e. The summed E-state index contributed by atoms with van der Waals surface area (Å²) in [4.78, 5) is 13.2. The van der Waals surface area contributed by atoms with Gasteiger partial charge in [0.05, 0.1) is 12.3 Å². The largest absolute Gasteiger partial charge is 0.396 e. The van der Waals surface area contributed by atoms with Crippen LogP contribution in [0.4, 0.5) is 14.5 Å². The van der Waals surface area contributed by atoms with Crippen LogP contribution in [0.15, 0.2) is 12.1 Å². The van der Waals surface area contributed by atoms with Gasteiger partial charge in [-0.05, 0) is 18.6 Å². The molecule has 0 aliphatic carbocycles. The summed E-state index contributed by atoms with van der Waals surface area (Å²) in [6.45, 7) is 1.90. The molecule has 0 fully saturated rings. The SMILES string of the molecule is CCCN(CCO)C(=O)c1c(F)ccc(N)c1F. The Labute approximate surface area is 104 Å². The highest BCUT2D eigenvalue weighted by atomic mass is 19.1. The van der Waals surface area contributed by atoms with E-state index < -0.39 is 23.1 Å². The number of nitrogens with zero attached hydrogens (tertiary/aromatic N) is 1. The van der Waals surface area contributed by atoms with E-state index in [1.807, 2.05) is 6.92 Å². The number of carbonyl (C=O) groups excluding carboxylic acids is 1. The minimum absolute atomic E-state index is 0.0281. The molecular formula is C12H16F2N2O2. The van der Waals surface area contributed by atoms with Crippen molar-refractivity contribution in [2.45, 2.75) is 13.3 Å². The van der Waals surface area contributed by atoms with Crippen molar-refractivity contribution < 1.29 is 18.7 Å². The van der Waals surface area contributed by atoms with Gasteiger partial charge in [0.15, 0.2) is 5.82 Å². The Morgan fingerprint density at radius 3 is 2.61 bits per heavy atom. The number of amides is 1. The third-order valence-corrected chi connectivity index (χ3v) is 2.49. The molecule has 1 aromatic carbocycles. The summed E-state index contributed by atoms with van der Waals surface area (Å²) in [6, 6.07) is 2.02. The van der Waals surface area contributed by atoms with Crippen LogP contribution in [0.2, 0.25) is 0 Å². The predicted octanol–water partition coefficient (Wildman–Crippen LogP) is 1.39. The van der Waals surface area contributed by atoms with Crippen LogP contribution in [0.5, 0.6) is 0 Å². The lowest BCUT2D eigenvalue weighted by atomic mass is 10.1. The molecule has 0 spiro atoms. The summed E-state index contributed by atoms with van der Waals surface area (Å²) >= 11 is 0. The van der Waals surface area contributed by atoms with Crippen LogP contribution in [0, 0.1) is 11.6 Å². The molecule has 0 aliphatic rings. The summed E-state index contributed by atoms with van der Waals surface area (Å²) < 4.78 is 27.2. The minimum Gasteiger partial charge on any atom is -0.396 e. The predicted molar refractivity (Wildman–Crippen MR) is 64.1 cm³/mol. The number of benzene rings is 1. The summed E-state index contributed by atoms with van der Waals surface area (Å²) in [5.74, 6) is -2.81. The van der Waals surface area contributed by atoms with Crippen molar-refractivity contribution in [3.05, 3.63) is 29.3 Å². The van der Waals surface area contributed by atoms with Crippen LogP contribution >= 0.6 is 0 Å². The van der Waals surface area contributed by atoms with Crippen LogP contribution < -0.4 is 5.73 Å². The number of hydrogen-bond acceptors (Lipinski definition) is 3. The summed E-state index contributed by atoms with van der Waals surface area (Å²) in [7, 11) is 0. The minimum atomic E-state index is -1.06. The second kappa shape index (κ2) is 6.30. The number of carbonyl (C=O) groups is 1. The Bertz CT molecular complexity index is 432. The maximum Gasteiger partial charge on any atom is 0.259 e. The average molecular weight is 258 g/mol. The van der Waals surface area contributed by atoms with E-state index in [0.29, 0.717) is 13.0 Å². The van der Waals surface area contributed by atoms with Gasteiger partial charge in [0, 0.05) is 13.1 Å². The monoisotopic (exact) mass is 258 g/mol. The normalized spacial score (nSPS) is 10.4. The molecule has 0 unspecified atom stereocenters. The van der Waals surface area contributed by atoms with Gasteiger partial charge in [-0.15, -0.1) is 0 Å². The molecule has 18 heavy (non-hydrogen) atoms. The highest BCUT2D eigenvalue weighted by Gasteiger charge is 2.23.